The molecule has 1 unspecified atom stereocenters. The number of hydrogen-bond donors (Lipinski definition) is 2. The molecule has 0 saturated carbocycles. The van der Waals surface area contributed by atoms with Crippen molar-refractivity contribution < 1.29 is 5.11 Å². The van der Waals surface area contributed by atoms with Crippen molar-refractivity contribution in [1.29, 1.82) is 0 Å². The lowest BCUT2D eigenvalue weighted by Crippen LogP contribution is -2.22. The molecule has 11 heavy (non-hydrogen) atoms. The molecule has 0 aliphatic carbocycles. The molecule has 0 heterocycles. The minimum atomic E-state index is 0.410. The monoisotopic (exact) mass is 158 g/mol. The van der Waals surface area contributed by atoms with Crippen LogP contribution in [-0.2, 0) is 0 Å². The second kappa shape index (κ2) is 6.62. The molecule has 2 nitrogen and oxygen atoms in total. The van der Waals surface area contributed by atoms with Crippen molar-refractivity contribution in [2.24, 2.45) is 5.92 Å². The van der Waals surface area contributed by atoms with E-state index in [2.05, 4.69) is 19.2 Å². The molecule has 0 aromatic carbocycles. The van der Waals surface area contributed by atoms with Gasteiger partial charge in [-0.2, -0.15) is 0 Å². The first-order valence-corrected chi connectivity index (χ1v) is 4.49. The molecule has 0 aromatic rings. The zero-order chi connectivity index (χ0) is 8.69. The van der Waals surface area contributed by atoms with Crippen molar-refractivity contribution in [2.75, 3.05) is 6.54 Å². The Labute approximate surface area is 70.0 Å². The van der Waals surface area contributed by atoms with Crippen LogP contribution in [0.4, 0.5) is 0 Å². The number of hydrogen-bond acceptors (Lipinski definition) is 2. The van der Waals surface area contributed by atoms with Gasteiger partial charge in [0.05, 0.1) is 0 Å². The topological polar surface area (TPSA) is 32.3 Å². The van der Waals surface area contributed by atoms with E-state index in [9.17, 15) is 0 Å². The summed E-state index contributed by atoms with van der Waals surface area (Å²) >= 11 is 0. The summed E-state index contributed by atoms with van der Waals surface area (Å²) in [6.07, 6.45) is 3.48. The molecule has 0 rings (SSSR count). The maximum atomic E-state index is 9.05. The molecule has 0 aromatic heterocycles. The Morgan fingerprint density at radius 1 is 1.45 bits per heavy atom. The van der Waals surface area contributed by atoms with E-state index in [4.69, 9.17) is 5.11 Å². The average molecular weight is 158 g/mol. The summed E-state index contributed by atoms with van der Waals surface area (Å²) in [7, 11) is 0. The van der Waals surface area contributed by atoms with E-state index in [1.165, 1.54) is 6.42 Å². The van der Waals surface area contributed by atoms with Crippen molar-refractivity contribution in [3.63, 3.8) is 0 Å². The standard InChI is InChI=1S/C9H20NO/c1-4-8(3)6-7-10-9(11)5-2/h8,10-11H,4-7H2,1-3H3. The van der Waals surface area contributed by atoms with Gasteiger partial charge < -0.3 is 5.11 Å². The first-order valence-electron chi connectivity index (χ1n) is 4.49. The van der Waals surface area contributed by atoms with Crippen molar-refractivity contribution in [2.45, 2.75) is 40.0 Å². The van der Waals surface area contributed by atoms with Gasteiger partial charge in [-0.05, 0) is 25.3 Å². The normalized spacial score (nSPS) is 13.9. The Morgan fingerprint density at radius 3 is 2.55 bits per heavy atom. The molecule has 1 radical (unpaired) electrons. The quantitative estimate of drug-likeness (QED) is 0.621. The Hall–Kier alpha value is -0.0800. The molecule has 2 heteroatoms. The summed E-state index contributed by atoms with van der Waals surface area (Å²) in [5.41, 5.74) is 0. The Balaban J connectivity index is 3.13. The molecule has 2 N–H and O–H groups in total. The number of aliphatic hydroxyl groups is 1. The van der Waals surface area contributed by atoms with Gasteiger partial charge in [0.1, 0.15) is 0 Å². The van der Waals surface area contributed by atoms with Crippen molar-refractivity contribution in [3.05, 3.63) is 6.23 Å². The predicted octanol–water partition coefficient (Wildman–Crippen LogP) is 2.28. The van der Waals surface area contributed by atoms with E-state index in [1.807, 2.05) is 6.92 Å². The maximum Gasteiger partial charge on any atom is 0.158 e. The van der Waals surface area contributed by atoms with Gasteiger partial charge in [0.2, 0.25) is 0 Å². The van der Waals surface area contributed by atoms with Gasteiger partial charge >= 0.3 is 0 Å². The Bertz CT molecular complexity index is 75.6. The highest BCUT2D eigenvalue weighted by molar-refractivity contribution is 4.69. The van der Waals surface area contributed by atoms with Crippen LogP contribution in [0.1, 0.15) is 40.0 Å². The fourth-order valence-electron chi connectivity index (χ4n) is 0.792. The minimum Gasteiger partial charge on any atom is -0.371 e. The predicted molar refractivity (Wildman–Crippen MR) is 47.5 cm³/mol. The third-order valence-corrected chi connectivity index (χ3v) is 2.00. The molecule has 0 aliphatic heterocycles. The fourth-order valence-corrected chi connectivity index (χ4v) is 0.792. The van der Waals surface area contributed by atoms with Crippen LogP contribution in [-0.4, -0.2) is 11.7 Å². The molecule has 0 saturated heterocycles. The van der Waals surface area contributed by atoms with Gasteiger partial charge in [0, 0.05) is 0 Å². The zero-order valence-electron chi connectivity index (χ0n) is 7.85. The third-order valence-electron chi connectivity index (χ3n) is 2.00. The molecule has 0 aliphatic rings. The molecule has 0 fully saturated rings. The first-order chi connectivity index (χ1) is 5.20. The van der Waals surface area contributed by atoms with Gasteiger partial charge in [-0.15, -0.1) is 0 Å². The van der Waals surface area contributed by atoms with Crippen LogP contribution in [0.3, 0.4) is 0 Å². The Kier molecular flexibility index (Phi) is 6.57. The highest BCUT2D eigenvalue weighted by Gasteiger charge is 2.02. The highest BCUT2D eigenvalue weighted by Crippen LogP contribution is 2.05. The fraction of sp³-hybridized carbons (Fsp3) is 0.889. The summed E-state index contributed by atoms with van der Waals surface area (Å²) in [6, 6.07) is 0. The van der Waals surface area contributed by atoms with Crippen LogP contribution in [0, 0.1) is 12.1 Å². The molecular formula is C9H20NO. The molecule has 0 amide bonds. The highest BCUT2D eigenvalue weighted by atomic mass is 16.3. The lowest BCUT2D eigenvalue weighted by Gasteiger charge is -2.11. The molecule has 1 atom stereocenters. The van der Waals surface area contributed by atoms with Crippen LogP contribution in [0.15, 0.2) is 0 Å². The molecular weight excluding hydrogens is 138 g/mol. The van der Waals surface area contributed by atoms with Crippen molar-refractivity contribution >= 4 is 0 Å². The van der Waals surface area contributed by atoms with Crippen molar-refractivity contribution in [3.8, 4) is 0 Å². The summed E-state index contributed by atoms with van der Waals surface area (Å²) in [4.78, 5) is 0. The Morgan fingerprint density at radius 2 is 2.09 bits per heavy atom. The third kappa shape index (κ3) is 6.32. The molecule has 0 bridgehead atoms. The van der Waals surface area contributed by atoms with Crippen LogP contribution in [0.5, 0.6) is 0 Å². The second-order valence-corrected chi connectivity index (χ2v) is 3.03. The lowest BCUT2D eigenvalue weighted by molar-refractivity contribution is 0.244. The summed E-state index contributed by atoms with van der Waals surface area (Å²) in [5.74, 6) is 0.757. The number of nitrogens with one attached hydrogen (secondary N) is 1. The van der Waals surface area contributed by atoms with Gasteiger partial charge in [-0.25, -0.2) is 0 Å². The van der Waals surface area contributed by atoms with Gasteiger partial charge in [-0.1, -0.05) is 27.2 Å². The van der Waals surface area contributed by atoms with Crippen LogP contribution < -0.4 is 5.32 Å². The largest absolute Gasteiger partial charge is 0.371 e. The molecule has 0 spiro atoms. The first kappa shape index (κ1) is 10.9. The smallest absolute Gasteiger partial charge is 0.158 e. The summed E-state index contributed by atoms with van der Waals surface area (Å²) in [5, 5.41) is 12.0. The van der Waals surface area contributed by atoms with E-state index in [0.717, 1.165) is 18.9 Å². The van der Waals surface area contributed by atoms with E-state index < -0.39 is 0 Å². The van der Waals surface area contributed by atoms with Gasteiger partial charge in [-0.3, -0.25) is 5.32 Å². The van der Waals surface area contributed by atoms with Crippen LogP contribution in [0.25, 0.3) is 0 Å². The SMILES string of the molecule is CC[C](O)NCCC(C)CC. The summed E-state index contributed by atoms with van der Waals surface area (Å²) < 4.78 is 0. The maximum absolute atomic E-state index is 9.05. The second-order valence-electron chi connectivity index (χ2n) is 3.03. The van der Waals surface area contributed by atoms with Gasteiger partial charge in [0.25, 0.3) is 0 Å². The lowest BCUT2D eigenvalue weighted by atomic mass is 10.1. The van der Waals surface area contributed by atoms with Crippen LogP contribution >= 0.6 is 0 Å². The number of rotatable bonds is 6. The van der Waals surface area contributed by atoms with E-state index in [1.54, 1.807) is 0 Å². The number of aliphatic hydroxyl groups excluding tert-OH is 1. The summed E-state index contributed by atoms with van der Waals surface area (Å²) in [6.45, 7) is 7.25. The van der Waals surface area contributed by atoms with E-state index >= 15 is 0 Å². The minimum absolute atomic E-state index is 0.410. The average Bonchev–Trinajstić information content (AvgIpc) is 2.04. The molecule has 67 valence electrons. The van der Waals surface area contributed by atoms with Crippen molar-refractivity contribution in [1.82, 2.24) is 5.32 Å². The zero-order valence-corrected chi connectivity index (χ0v) is 7.85. The van der Waals surface area contributed by atoms with Gasteiger partial charge in [0.15, 0.2) is 6.23 Å². The van der Waals surface area contributed by atoms with E-state index in [0.29, 0.717) is 12.6 Å². The van der Waals surface area contributed by atoms with E-state index in [-0.39, 0.29) is 0 Å². The van der Waals surface area contributed by atoms with Crippen LogP contribution in [0.2, 0.25) is 0 Å².